The quantitative estimate of drug-likeness (QED) is 0.670. The molecule has 1 N–H and O–H groups in total. The van der Waals surface area contributed by atoms with Crippen LogP contribution in [0.15, 0.2) is 54.4 Å². The Morgan fingerprint density at radius 1 is 1.26 bits per heavy atom. The van der Waals surface area contributed by atoms with E-state index in [1.165, 1.54) is 10.6 Å². The number of benzene rings is 1. The molecule has 1 saturated heterocycles. The van der Waals surface area contributed by atoms with E-state index < -0.39 is 0 Å². The Bertz CT molecular complexity index is 710. The molecule has 1 aliphatic heterocycles. The van der Waals surface area contributed by atoms with Gasteiger partial charge in [-0.05, 0) is 35.7 Å². The summed E-state index contributed by atoms with van der Waals surface area (Å²) in [4.78, 5) is 18.2. The first-order valence-electron chi connectivity index (χ1n) is 9.33. The molecule has 0 atom stereocenters. The maximum Gasteiger partial charge on any atom is 0.225 e. The van der Waals surface area contributed by atoms with Crippen molar-refractivity contribution in [3.63, 3.8) is 0 Å². The fraction of sp³-hybridized carbons (Fsp3) is 0.381. The number of nitrogens with zero attached hydrogens (tertiary/aromatic N) is 2. The molecule has 1 amide bonds. The largest absolute Gasteiger partial charge is 0.378 e. The number of rotatable bonds is 9. The van der Waals surface area contributed by atoms with Crippen LogP contribution in [-0.2, 0) is 16.1 Å². The van der Waals surface area contributed by atoms with Gasteiger partial charge in [0, 0.05) is 55.4 Å². The van der Waals surface area contributed by atoms with Gasteiger partial charge in [-0.3, -0.25) is 9.69 Å². The summed E-state index contributed by atoms with van der Waals surface area (Å²) >= 11 is 1.74. The molecule has 0 saturated carbocycles. The van der Waals surface area contributed by atoms with Gasteiger partial charge >= 0.3 is 0 Å². The monoisotopic (exact) mass is 385 g/mol. The number of ether oxygens (including phenoxy) is 1. The Hall–Kier alpha value is -2.15. The zero-order chi connectivity index (χ0) is 18.9. The van der Waals surface area contributed by atoms with Crippen LogP contribution in [-0.4, -0.2) is 50.2 Å². The van der Waals surface area contributed by atoms with Gasteiger partial charge in [-0.15, -0.1) is 17.9 Å². The SMILES string of the molecule is C=CCN(CCC(=O)Nc1ccc(N2CCOCC2)cc1)Cc1cccs1. The van der Waals surface area contributed by atoms with Crippen LogP contribution >= 0.6 is 11.3 Å². The van der Waals surface area contributed by atoms with Crippen molar-refractivity contribution in [1.29, 1.82) is 0 Å². The standard InChI is InChI=1S/C21H27N3O2S/c1-2-10-23(17-20-4-3-16-27-20)11-9-21(25)22-18-5-7-19(8-6-18)24-12-14-26-15-13-24/h2-8,16H,1,9-15,17H2,(H,22,25). The average Bonchev–Trinajstić information content (AvgIpc) is 3.21. The maximum absolute atomic E-state index is 12.3. The van der Waals surface area contributed by atoms with Gasteiger partial charge in [-0.25, -0.2) is 0 Å². The molecule has 0 radical (unpaired) electrons. The average molecular weight is 386 g/mol. The van der Waals surface area contributed by atoms with Crippen LogP contribution in [0.1, 0.15) is 11.3 Å². The normalized spacial score (nSPS) is 14.3. The summed E-state index contributed by atoms with van der Waals surface area (Å²) in [6.07, 6.45) is 2.35. The number of amides is 1. The van der Waals surface area contributed by atoms with Crippen LogP contribution in [0.2, 0.25) is 0 Å². The minimum Gasteiger partial charge on any atom is -0.378 e. The summed E-state index contributed by atoms with van der Waals surface area (Å²) in [6.45, 7) is 9.52. The zero-order valence-electron chi connectivity index (χ0n) is 15.6. The fourth-order valence-corrected chi connectivity index (χ4v) is 3.85. The number of hydrogen-bond acceptors (Lipinski definition) is 5. The Morgan fingerprint density at radius 3 is 2.70 bits per heavy atom. The van der Waals surface area contributed by atoms with Gasteiger partial charge in [0.25, 0.3) is 0 Å². The van der Waals surface area contributed by atoms with Gasteiger partial charge in [0.2, 0.25) is 5.91 Å². The van der Waals surface area contributed by atoms with Gasteiger partial charge in [0.1, 0.15) is 0 Å². The summed E-state index contributed by atoms with van der Waals surface area (Å²) in [5.74, 6) is 0.0364. The molecule has 27 heavy (non-hydrogen) atoms. The highest BCUT2D eigenvalue weighted by molar-refractivity contribution is 7.09. The van der Waals surface area contributed by atoms with Gasteiger partial charge < -0.3 is 15.0 Å². The molecule has 144 valence electrons. The highest BCUT2D eigenvalue weighted by atomic mass is 32.1. The van der Waals surface area contributed by atoms with Gasteiger partial charge in [-0.1, -0.05) is 12.1 Å². The summed E-state index contributed by atoms with van der Waals surface area (Å²) in [5.41, 5.74) is 2.01. The molecule has 1 aliphatic rings. The van der Waals surface area contributed by atoms with Gasteiger partial charge in [0.15, 0.2) is 0 Å². The first-order valence-corrected chi connectivity index (χ1v) is 10.2. The van der Waals surface area contributed by atoms with E-state index in [1.807, 2.05) is 18.2 Å². The molecule has 6 heteroatoms. The smallest absolute Gasteiger partial charge is 0.225 e. The molecule has 2 aromatic rings. The lowest BCUT2D eigenvalue weighted by molar-refractivity contribution is -0.116. The minimum absolute atomic E-state index is 0.0364. The lowest BCUT2D eigenvalue weighted by atomic mass is 10.2. The van der Waals surface area contributed by atoms with Crippen LogP contribution < -0.4 is 10.2 Å². The van der Waals surface area contributed by atoms with Crippen LogP contribution in [0.4, 0.5) is 11.4 Å². The molecule has 0 spiro atoms. The van der Waals surface area contributed by atoms with Crippen molar-refractivity contribution in [2.45, 2.75) is 13.0 Å². The van der Waals surface area contributed by atoms with E-state index in [1.54, 1.807) is 11.3 Å². The van der Waals surface area contributed by atoms with Crippen molar-refractivity contribution >= 4 is 28.6 Å². The van der Waals surface area contributed by atoms with Crippen molar-refractivity contribution in [3.8, 4) is 0 Å². The number of morpholine rings is 1. The van der Waals surface area contributed by atoms with E-state index >= 15 is 0 Å². The van der Waals surface area contributed by atoms with E-state index in [-0.39, 0.29) is 5.91 Å². The number of hydrogen-bond donors (Lipinski definition) is 1. The van der Waals surface area contributed by atoms with Crippen molar-refractivity contribution in [2.75, 3.05) is 49.6 Å². The van der Waals surface area contributed by atoms with Crippen LogP contribution in [0.5, 0.6) is 0 Å². The second kappa shape index (κ2) is 10.3. The second-order valence-corrected chi connectivity index (χ2v) is 7.58. The van der Waals surface area contributed by atoms with E-state index in [0.29, 0.717) is 13.0 Å². The molecular weight excluding hydrogens is 358 g/mol. The lowest BCUT2D eigenvalue weighted by Crippen LogP contribution is -2.36. The van der Waals surface area contributed by atoms with Gasteiger partial charge in [0.05, 0.1) is 13.2 Å². The first-order chi connectivity index (χ1) is 13.2. The topological polar surface area (TPSA) is 44.8 Å². The second-order valence-electron chi connectivity index (χ2n) is 6.55. The van der Waals surface area contributed by atoms with Crippen LogP contribution in [0, 0.1) is 0 Å². The zero-order valence-corrected chi connectivity index (χ0v) is 16.4. The summed E-state index contributed by atoms with van der Waals surface area (Å²) in [6, 6.07) is 12.2. The predicted molar refractivity (Wildman–Crippen MR) is 113 cm³/mol. The van der Waals surface area contributed by atoms with Crippen LogP contribution in [0.3, 0.4) is 0 Å². The summed E-state index contributed by atoms with van der Waals surface area (Å²) in [5, 5.41) is 5.07. The third kappa shape index (κ3) is 6.20. The predicted octanol–water partition coefficient (Wildman–Crippen LogP) is 3.60. The van der Waals surface area contributed by atoms with E-state index in [2.05, 4.69) is 51.3 Å². The molecule has 1 aromatic heterocycles. The van der Waals surface area contributed by atoms with Gasteiger partial charge in [-0.2, -0.15) is 0 Å². The first kappa shape index (κ1) is 19.6. The van der Waals surface area contributed by atoms with E-state index in [4.69, 9.17) is 4.74 Å². The fourth-order valence-electron chi connectivity index (χ4n) is 3.10. The summed E-state index contributed by atoms with van der Waals surface area (Å²) in [7, 11) is 0. The molecule has 0 aliphatic carbocycles. The number of carbonyl (C=O) groups is 1. The molecule has 5 nitrogen and oxygen atoms in total. The third-order valence-corrected chi connectivity index (χ3v) is 5.39. The Morgan fingerprint density at radius 2 is 2.04 bits per heavy atom. The summed E-state index contributed by atoms with van der Waals surface area (Å²) < 4.78 is 5.39. The Kier molecular flexibility index (Phi) is 7.45. The van der Waals surface area contributed by atoms with E-state index in [0.717, 1.165) is 45.1 Å². The highest BCUT2D eigenvalue weighted by Gasteiger charge is 2.12. The van der Waals surface area contributed by atoms with Crippen molar-refractivity contribution < 1.29 is 9.53 Å². The maximum atomic E-state index is 12.3. The third-order valence-electron chi connectivity index (χ3n) is 4.53. The molecule has 2 heterocycles. The molecule has 0 bridgehead atoms. The van der Waals surface area contributed by atoms with Crippen molar-refractivity contribution in [1.82, 2.24) is 4.90 Å². The number of anilines is 2. The number of thiophene rings is 1. The molecule has 3 rings (SSSR count). The molecule has 1 fully saturated rings. The molecule has 0 unspecified atom stereocenters. The van der Waals surface area contributed by atoms with E-state index in [9.17, 15) is 4.79 Å². The number of nitrogens with one attached hydrogen (secondary N) is 1. The molecule has 1 aromatic carbocycles. The number of carbonyl (C=O) groups excluding carboxylic acids is 1. The van der Waals surface area contributed by atoms with Crippen LogP contribution in [0.25, 0.3) is 0 Å². The Balaban J connectivity index is 1.46. The van der Waals surface area contributed by atoms with Crippen molar-refractivity contribution in [2.24, 2.45) is 0 Å². The minimum atomic E-state index is 0.0364. The highest BCUT2D eigenvalue weighted by Crippen LogP contribution is 2.19. The molecular formula is C21H27N3O2S. The van der Waals surface area contributed by atoms with Crippen molar-refractivity contribution in [3.05, 3.63) is 59.3 Å². The lowest BCUT2D eigenvalue weighted by Gasteiger charge is -2.28. The Labute approximate surface area is 165 Å².